The van der Waals surface area contributed by atoms with Crippen LogP contribution >= 0.6 is 11.6 Å². The fraction of sp³-hybridized carbons (Fsp3) is 0.143. The Balaban J connectivity index is 3.31. The molecule has 1 aromatic rings. The van der Waals surface area contributed by atoms with Gasteiger partial charge < -0.3 is 0 Å². The van der Waals surface area contributed by atoms with Crippen molar-refractivity contribution in [3.63, 3.8) is 0 Å². The first-order valence-corrected chi connectivity index (χ1v) is 3.64. The molecule has 0 aromatic carbocycles. The molecule has 1 rings (SSSR count). The summed E-state index contributed by atoms with van der Waals surface area (Å²) in [7, 11) is 0. The Morgan fingerprint density at radius 2 is 2.31 bits per heavy atom. The highest BCUT2D eigenvalue weighted by Crippen LogP contribution is 2.17. The highest BCUT2D eigenvalue weighted by atomic mass is 35.5. The van der Waals surface area contributed by atoms with E-state index < -0.39 is 11.7 Å². The lowest BCUT2D eigenvalue weighted by Crippen LogP contribution is -2.00. The zero-order valence-electron chi connectivity index (χ0n) is 6.54. The maximum absolute atomic E-state index is 12.8. The lowest BCUT2D eigenvalue weighted by atomic mass is 10.2. The summed E-state index contributed by atoms with van der Waals surface area (Å²) in [6.45, 7) is 1.39. The van der Waals surface area contributed by atoms with Crippen molar-refractivity contribution < 1.29 is 9.18 Å². The van der Waals surface area contributed by atoms with Crippen molar-refractivity contribution in [1.82, 2.24) is 4.98 Å². The molecule has 1 amide bonds. The van der Waals surface area contributed by atoms with Crippen LogP contribution in [0, 0.1) is 17.6 Å². The molecule has 13 heavy (non-hydrogen) atoms. The lowest BCUT2D eigenvalue weighted by molar-refractivity contribution is 0.1000. The number of carbonyl (C=O) groups is 1. The van der Waals surface area contributed by atoms with Crippen LogP contribution in [0.2, 0.25) is 5.15 Å². The van der Waals surface area contributed by atoms with Crippen LogP contribution in [0.1, 0.15) is 16.1 Å². The van der Waals surface area contributed by atoms with Crippen molar-refractivity contribution in [2.45, 2.75) is 6.92 Å². The summed E-state index contributed by atoms with van der Waals surface area (Å²) >= 11 is 5.48. The van der Waals surface area contributed by atoms with Gasteiger partial charge in [-0.15, -0.1) is 4.91 Å². The zero-order valence-corrected chi connectivity index (χ0v) is 7.30. The predicted octanol–water partition coefficient (Wildman–Crippen LogP) is 2.09. The highest BCUT2D eigenvalue weighted by molar-refractivity contribution is 6.32. The van der Waals surface area contributed by atoms with Crippen LogP contribution in [0.15, 0.2) is 11.2 Å². The second kappa shape index (κ2) is 3.57. The summed E-state index contributed by atoms with van der Waals surface area (Å²) in [5.74, 6) is -1.83. The van der Waals surface area contributed by atoms with Crippen LogP contribution in [0.25, 0.3) is 0 Å². The van der Waals surface area contributed by atoms with E-state index in [1.54, 1.807) is 0 Å². The third-order valence-electron chi connectivity index (χ3n) is 1.42. The van der Waals surface area contributed by atoms with E-state index in [2.05, 4.69) is 10.2 Å². The molecule has 0 bridgehead atoms. The SMILES string of the molecule is Cc1nc(Cl)c(C(=O)N=O)cc1F. The summed E-state index contributed by atoms with van der Waals surface area (Å²) in [4.78, 5) is 24.1. The lowest BCUT2D eigenvalue weighted by Gasteiger charge is -1.99. The maximum atomic E-state index is 12.8. The fourth-order valence-electron chi connectivity index (χ4n) is 0.751. The van der Waals surface area contributed by atoms with Crippen LogP contribution in [-0.2, 0) is 0 Å². The molecule has 0 aliphatic carbocycles. The monoisotopic (exact) mass is 202 g/mol. The van der Waals surface area contributed by atoms with E-state index in [1.165, 1.54) is 6.92 Å². The number of halogens is 2. The standard InChI is InChI=1S/C7H4ClFN2O2/c1-3-5(9)2-4(6(8)10-3)7(12)11-13/h2H,1H3. The van der Waals surface area contributed by atoms with Crippen molar-refractivity contribution in [2.24, 2.45) is 5.18 Å². The number of nitroso groups, excluding NO2 is 1. The molecular weight excluding hydrogens is 199 g/mol. The van der Waals surface area contributed by atoms with Crippen LogP contribution < -0.4 is 0 Å². The Kier molecular flexibility index (Phi) is 2.67. The van der Waals surface area contributed by atoms with Crippen molar-refractivity contribution in [2.75, 3.05) is 0 Å². The number of aryl methyl sites for hydroxylation is 1. The fourth-order valence-corrected chi connectivity index (χ4v) is 1.01. The molecule has 6 heteroatoms. The van der Waals surface area contributed by atoms with Crippen LogP contribution in [-0.4, -0.2) is 10.9 Å². The third-order valence-corrected chi connectivity index (χ3v) is 1.71. The Morgan fingerprint density at radius 3 is 2.85 bits per heavy atom. The van der Waals surface area contributed by atoms with Gasteiger partial charge in [0.15, 0.2) is 0 Å². The first kappa shape index (κ1) is 9.73. The molecule has 68 valence electrons. The topological polar surface area (TPSA) is 59.4 Å². The van der Waals surface area contributed by atoms with Crippen LogP contribution in [0.3, 0.4) is 0 Å². The molecular formula is C7H4ClFN2O2. The first-order chi connectivity index (χ1) is 6.06. The van der Waals surface area contributed by atoms with Gasteiger partial charge >= 0.3 is 5.91 Å². The highest BCUT2D eigenvalue weighted by Gasteiger charge is 2.14. The normalized spacial score (nSPS) is 9.77. The second-order valence-electron chi connectivity index (χ2n) is 2.29. The minimum atomic E-state index is -1.13. The van der Waals surface area contributed by atoms with E-state index in [-0.39, 0.29) is 16.4 Å². The average Bonchev–Trinajstić information content (AvgIpc) is 2.10. The van der Waals surface area contributed by atoms with Gasteiger partial charge in [-0.3, -0.25) is 4.79 Å². The van der Waals surface area contributed by atoms with Crippen molar-refractivity contribution in [3.05, 3.63) is 33.2 Å². The maximum Gasteiger partial charge on any atom is 0.319 e. The molecule has 0 atom stereocenters. The molecule has 0 saturated heterocycles. The molecule has 0 N–H and O–H groups in total. The number of rotatable bonds is 1. The molecule has 0 spiro atoms. The summed E-state index contributed by atoms with van der Waals surface area (Å²) in [6, 6.07) is 0.842. The van der Waals surface area contributed by atoms with Crippen molar-refractivity contribution in [3.8, 4) is 0 Å². The van der Waals surface area contributed by atoms with Gasteiger partial charge in [-0.2, -0.15) is 0 Å². The van der Waals surface area contributed by atoms with E-state index in [0.29, 0.717) is 0 Å². The van der Waals surface area contributed by atoms with E-state index in [1.807, 2.05) is 0 Å². The molecule has 0 fully saturated rings. The van der Waals surface area contributed by atoms with E-state index >= 15 is 0 Å². The molecule has 4 nitrogen and oxygen atoms in total. The smallest absolute Gasteiger partial charge is 0.263 e. The molecule has 0 unspecified atom stereocenters. The average molecular weight is 203 g/mol. The quantitative estimate of drug-likeness (QED) is 0.518. The minimum absolute atomic E-state index is 0.0625. The van der Waals surface area contributed by atoms with E-state index in [4.69, 9.17) is 11.6 Å². The molecule has 0 radical (unpaired) electrons. The first-order valence-electron chi connectivity index (χ1n) is 3.26. The summed E-state index contributed by atoms with van der Waals surface area (Å²) in [6.07, 6.45) is 0. The molecule has 1 heterocycles. The number of aromatic nitrogens is 1. The molecule has 0 aliphatic heterocycles. The van der Waals surface area contributed by atoms with Crippen molar-refractivity contribution in [1.29, 1.82) is 0 Å². The largest absolute Gasteiger partial charge is 0.319 e. The van der Waals surface area contributed by atoms with E-state index in [0.717, 1.165) is 6.07 Å². The van der Waals surface area contributed by atoms with Gasteiger partial charge in [-0.25, -0.2) is 9.37 Å². The van der Waals surface area contributed by atoms with Gasteiger partial charge in [0.1, 0.15) is 11.0 Å². The Hall–Kier alpha value is -1.36. The minimum Gasteiger partial charge on any atom is -0.263 e. The summed E-state index contributed by atoms with van der Waals surface area (Å²) < 4.78 is 12.8. The summed E-state index contributed by atoms with van der Waals surface area (Å²) in [5.41, 5.74) is -0.257. The number of hydrogen-bond acceptors (Lipinski definition) is 3. The van der Waals surface area contributed by atoms with Crippen LogP contribution in [0.4, 0.5) is 4.39 Å². The predicted molar refractivity (Wildman–Crippen MR) is 44.1 cm³/mol. The Bertz CT molecular complexity index is 381. The zero-order chi connectivity index (χ0) is 10.0. The molecule has 1 aromatic heterocycles. The van der Waals surface area contributed by atoms with Gasteiger partial charge in [0.2, 0.25) is 0 Å². The van der Waals surface area contributed by atoms with E-state index in [9.17, 15) is 14.1 Å². The summed E-state index contributed by atoms with van der Waals surface area (Å²) in [5, 5.41) is 1.89. The van der Waals surface area contributed by atoms with Gasteiger partial charge in [0.05, 0.1) is 11.3 Å². The Labute approximate surface area is 77.7 Å². The number of amides is 1. The third kappa shape index (κ3) is 1.86. The van der Waals surface area contributed by atoms with Crippen LogP contribution in [0.5, 0.6) is 0 Å². The number of nitrogens with zero attached hydrogens (tertiary/aromatic N) is 2. The van der Waals surface area contributed by atoms with Crippen molar-refractivity contribution >= 4 is 17.5 Å². The van der Waals surface area contributed by atoms with Gasteiger partial charge in [0.25, 0.3) is 0 Å². The number of carbonyl (C=O) groups excluding carboxylic acids is 1. The number of hydrogen-bond donors (Lipinski definition) is 0. The molecule has 0 saturated carbocycles. The van der Waals surface area contributed by atoms with Gasteiger partial charge in [-0.05, 0) is 13.0 Å². The van der Waals surface area contributed by atoms with Gasteiger partial charge in [-0.1, -0.05) is 11.6 Å². The molecule has 0 aliphatic rings. The van der Waals surface area contributed by atoms with Gasteiger partial charge in [0, 0.05) is 5.18 Å². The Morgan fingerprint density at radius 1 is 1.69 bits per heavy atom. The second-order valence-corrected chi connectivity index (χ2v) is 2.65. The number of pyridine rings is 1.